The molecule has 1 aromatic rings. The zero-order valence-electron chi connectivity index (χ0n) is 16.0. The summed E-state index contributed by atoms with van der Waals surface area (Å²) in [7, 11) is 0. The first-order chi connectivity index (χ1) is 11.9. The molecule has 3 N–H and O–H groups in total. The Kier molecular flexibility index (Phi) is 5.30. The zero-order chi connectivity index (χ0) is 19.7. The molecule has 7 nitrogen and oxygen atoms in total. The van der Waals surface area contributed by atoms with Crippen LogP contribution in [0.1, 0.15) is 39.7 Å². The molecule has 1 fully saturated rings. The summed E-state index contributed by atoms with van der Waals surface area (Å²) >= 11 is 0. The number of anilines is 2. The first-order valence-corrected chi connectivity index (χ1v) is 8.64. The normalized spacial score (nSPS) is 20.0. The van der Waals surface area contributed by atoms with Gasteiger partial charge in [0, 0.05) is 29.9 Å². The molecular weight excluding hydrogens is 334 g/mol. The molecule has 7 heteroatoms. The van der Waals surface area contributed by atoms with Gasteiger partial charge in [0.05, 0.1) is 5.41 Å². The van der Waals surface area contributed by atoms with Crippen molar-refractivity contribution in [2.75, 3.05) is 23.7 Å². The first kappa shape index (κ1) is 19.8. The predicted molar refractivity (Wildman–Crippen MR) is 100 cm³/mol. The second-order valence-corrected chi connectivity index (χ2v) is 8.20. The molecule has 26 heavy (non-hydrogen) atoms. The van der Waals surface area contributed by atoms with Crippen LogP contribution < -0.4 is 10.6 Å². The average Bonchev–Trinajstić information content (AvgIpc) is 2.93. The minimum atomic E-state index is -0.906. The number of carbonyl (C=O) groups excluding carboxylic acids is 2. The lowest BCUT2D eigenvalue weighted by molar-refractivity contribution is -0.147. The van der Waals surface area contributed by atoms with Crippen LogP contribution in [0, 0.1) is 17.8 Å². The molecule has 142 valence electrons. The van der Waals surface area contributed by atoms with Crippen molar-refractivity contribution in [3.8, 4) is 0 Å². The van der Waals surface area contributed by atoms with E-state index in [4.69, 9.17) is 0 Å². The maximum atomic E-state index is 12.4. The molecule has 1 saturated heterocycles. The van der Waals surface area contributed by atoms with Crippen molar-refractivity contribution in [1.82, 2.24) is 4.90 Å². The van der Waals surface area contributed by atoms with E-state index in [9.17, 15) is 19.5 Å². The van der Waals surface area contributed by atoms with Crippen LogP contribution >= 0.6 is 0 Å². The van der Waals surface area contributed by atoms with E-state index in [-0.39, 0.29) is 18.5 Å². The lowest BCUT2D eigenvalue weighted by Gasteiger charge is -2.21. The van der Waals surface area contributed by atoms with Crippen LogP contribution in [0.2, 0.25) is 0 Å². The Labute approximate surface area is 153 Å². The number of urea groups is 1. The van der Waals surface area contributed by atoms with E-state index in [1.807, 2.05) is 33.8 Å². The summed E-state index contributed by atoms with van der Waals surface area (Å²) in [6.45, 7) is 9.58. The van der Waals surface area contributed by atoms with Gasteiger partial charge >= 0.3 is 12.0 Å². The molecule has 1 atom stereocenters. The Morgan fingerprint density at radius 1 is 1.19 bits per heavy atom. The Bertz CT molecular complexity index is 739. The number of hydrogen-bond acceptors (Lipinski definition) is 3. The second-order valence-electron chi connectivity index (χ2n) is 8.20. The molecule has 1 aliphatic heterocycles. The Morgan fingerprint density at radius 3 is 2.38 bits per heavy atom. The highest BCUT2D eigenvalue weighted by atomic mass is 16.4. The average molecular weight is 361 g/mol. The molecule has 3 amide bonds. The molecule has 0 radical (unpaired) electrons. The maximum Gasteiger partial charge on any atom is 0.321 e. The Balaban J connectivity index is 2.08. The van der Waals surface area contributed by atoms with E-state index < -0.39 is 16.8 Å². The van der Waals surface area contributed by atoms with Gasteiger partial charge in [0.2, 0.25) is 5.91 Å². The van der Waals surface area contributed by atoms with Gasteiger partial charge in [-0.15, -0.1) is 0 Å². The van der Waals surface area contributed by atoms with Crippen molar-refractivity contribution in [1.29, 1.82) is 0 Å². The molecule has 0 spiro atoms. The smallest absolute Gasteiger partial charge is 0.321 e. The standard InChI is InChI=1S/C19H27N3O4/c1-12-6-7-13(10-14(12)21-15(23)18(2,3)4)20-17(26)22-9-8-19(5,11-22)16(24)25/h6-7,10H,8-9,11H2,1-5H3,(H,20,26)(H,21,23)(H,24,25). The van der Waals surface area contributed by atoms with E-state index in [1.54, 1.807) is 19.1 Å². The third kappa shape index (κ3) is 4.33. The van der Waals surface area contributed by atoms with Gasteiger partial charge in [0.25, 0.3) is 0 Å². The van der Waals surface area contributed by atoms with E-state index in [2.05, 4.69) is 10.6 Å². The van der Waals surface area contributed by atoms with Gasteiger partial charge in [-0.1, -0.05) is 26.8 Å². The number of aliphatic carboxylic acids is 1. The number of nitrogens with one attached hydrogen (secondary N) is 2. The molecule has 1 aliphatic rings. The Morgan fingerprint density at radius 2 is 1.85 bits per heavy atom. The molecule has 0 saturated carbocycles. The van der Waals surface area contributed by atoms with Gasteiger partial charge in [-0.2, -0.15) is 0 Å². The third-order valence-corrected chi connectivity index (χ3v) is 4.70. The van der Waals surface area contributed by atoms with Crippen molar-refractivity contribution in [3.05, 3.63) is 23.8 Å². The minimum Gasteiger partial charge on any atom is -0.481 e. The predicted octanol–water partition coefficient (Wildman–Crippen LogP) is 3.31. The Hall–Kier alpha value is -2.57. The van der Waals surface area contributed by atoms with Crippen LogP contribution in [0.3, 0.4) is 0 Å². The highest BCUT2D eigenvalue weighted by Crippen LogP contribution is 2.31. The first-order valence-electron chi connectivity index (χ1n) is 8.64. The highest BCUT2D eigenvalue weighted by molar-refractivity contribution is 5.97. The maximum absolute atomic E-state index is 12.4. The molecule has 2 rings (SSSR count). The van der Waals surface area contributed by atoms with Crippen molar-refractivity contribution in [2.24, 2.45) is 10.8 Å². The monoisotopic (exact) mass is 361 g/mol. The topological polar surface area (TPSA) is 98.7 Å². The fourth-order valence-electron chi connectivity index (χ4n) is 2.66. The minimum absolute atomic E-state index is 0.110. The van der Waals surface area contributed by atoms with Crippen molar-refractivity contribution in [3.63, 3.8) is 0 Å². The molecule has 1 heterocycles. The summed E-state index contributed by atoms with van der Waals surface area (Å²) < 4.78 is 0. The summed E-state index contributed by atoms with van der Waals surface area (Å²) in [5.41, 5.74) is 0.646. The van der Waals surface area contributed by atoms with Crippen molar-refractivity contribution < 1.29 is 19.5 Å². The molecular formula is C19H27N3O4. The van der Waals surface area contributed by atoms with E-state index in [0.717, 1.165) is 5.56 Å². The third-order valence-electron chi connectivity index (χ3n) is 4.70. The quantitative estimate of drug-likeness (QED) is 0.769. The van der Waals surface area contributed by atoms with Gasteiger partial charge < -0.3 is 20.6 Å². The number of nitrogens with zero attached hydrogens (tertiary/aromatic N) is 1. The van der Waals surface area contributed by atoms with E-state index >= 15 is 0 Å². The molecule has 1 aromatic carbocycles. The fraction of sp³-hybridized carbons (Fsp3) is 0.526. The number of carbonyl (C=O) groups is 3. The largest absolute Gasteiger partial charge is 0.481 e. The SMILES string of the molecule is Cc1ccc(NC(=O)N2CCC(C)(C(=O)O)C2)cc1NC(=O)C(C)(C)C. The number of carboxylic acid groups (broad SMARTS) is 1. The van der Waals surface area contributed by atoms with Crippen LogP contribution in [0.4, 0.5) is 16.2 Å². The van der Waals surface area contributed by atoms with Crippen LogP contribution in [0.15, 0.2) is 18.2 Å². The van der Waals surface area contributed by atoms with Gasteiger partial charge in [0.15, 0.2) is 0 Å². The fourth-order valence-corrected chi connectivity index (χ4v) is 2.66. The number of amides is 3. The number of rotatable bonds is 3. The van der Waals surface area contributed by atoms with Crippen molar-refractivity contribution in [2.45, 2.75) is 41.0 Å². The van der Waals surface area contributed by atoms with Gasteiger partial charge in [0.1, 0.15) is 0 Å². The summed E-state index contributed by atoms with van der Waals surface area (Å²) in [6, 6.07) is 4.95. The summed E-state index contributed by atoms with van der Waals surface area (Å²) in [5.74, 6) is -1.00. The molecule has 0 aromatic heterocycles. The zero-order valence-corrected chi connectivity index (χ0v) is 16.0. The van der Waals surface area contributed by atoms with Crippen molar-refractivity contribution >= 4 is 29.3 Å². The van der Waals surface area contributed by atoms with Gasteiger partial charge in [-0.05, 0) is 38.0 Å². The number of carboxylic acids is 1. The number of hydrogen-bond donors (Lipinski definition) is 3. The second kappa shape index (κ2) is 6.97. The lowest BCUT2D eigenvalue weighted by Crippen LogP contribution is -2.37. The molecule has 1 unspecified atom stereocenters. The summed E-state index contributed by atoms with van der Waals surface area (Å²) in [4.78, 5) is 37.5. The van der Waals surface area contributed by atoms with Crippen LogP contribution in [-0.4, -0.2) is 41.0 Å². The number of likely N-dealkylation sites (tertiary alicyclic amines) is 1. The van der Waals surface area contributed by atoms with Crippen LogP contribution in [-0.2, 0) is 9.59 Å². The highest BCUT2D eigenvalue weighted by Gasteiger charge is 2.42. The lowest BCUT2D eigenvalue weighted by atomic mass is 9.90. The number of benzene rings is 1. The molecule has 0 aliphatic carbocycles. The summed E-state index contributed by atoms with van der Waals surface area (Å²) in [6.07, 6.45) is 0.427. The van der Waals surface area contributed by atoms with E-state index in [0.29, 0.717) is 24.3 Å². The summed E-state index contributed by atoms with van der Waals surface area (Å²) in [5, 5.41) is 14.9. The van der Waals surface area contributed by atoms with E-state index in [1.165, 1.54) is 4.90 Å². The molecule has 0 bridgehead atoms. The van der Waals surface area contributed by atoms with Gasteiger partial charge in [-0.25, -0.2) is 4.79 Å². The van der Waals surface area contributed by atoms with Gasteiger partial charge in [-0.3, -0.25) is 9.59 Å². The van der Waals surface area contributed by atoms with Crippen LogP contribution in [0.25, 0.3) is 0 Å². The van der Waals surface area contributed by atoms with Crippen LogP contribution in [0.5, 0.6) is 0 Å². The number of aryl methyl sites for hydroxylation is 1.